The van der Waals surface area contributed by atoms with E-state index in [2.05, 4.69) is 4.72 Å². The first-order valence-corrected chi connectivity index (χ1v) is 7.53. The second-order valence-corrected chi connectivity index (χ2v) is 6.61. The van der Waals surface area contributed by atoms with Crippen LogP contribution in [0.2, 0.25) is 0 Å². The highest BCUT2D eigenvalue weighted by molar-refractivity contribution is 7.87. The minimum Gasteiger partial charge on any atom is -0.195 e. The third kappa shape index (κ3) is 2.94. The molecule has 4 nitrogen and oxygen atoms in total. The number of hydrogen-bond acceptors (Lipinski definition) is 2. The van der Waals surface area contributed by atoms with Crippen LogP contribution in [0.1, 0.15) is 18.5 Å². The summed E-state index contributed by atoms with van der Waals surface area (Å²) in [7, 11) is -0.407. The quantitative estimate of drug-likeness (QED) is 0.933. The van der Waals surface area contributed by atoms with E-state index in [0.29, 0.717) is 0 Å². The number of benzene rings is 2. The first kappa shape index (κ1) is 14.0. The van der Waals surface area contributed by atoms with Crippen LogP contribution in [0.4, 0.5) is 0 Å². The SMILES string of the molecule is C[C@@H](NS(=O)(=O)N(C)C)c1cccc2ccccc12. The normalized spacial score (nSPS) is 13.9. The molecular formula is C14H18N2O2S. The standard InChI is InChI=1S/C14H18N2O2S/c1-11(15-19(17,18)16(2)3)13-10-6-8-12-7-4-5-9-14(12)13/h4-11,15H,1-3H3/t11-/m1/s1. The lowest BCUT2D eigenvalue weighted by atomic mass is 10.0. The average Bonchev–Trinajstić information content (AvgIpc) is 2.37. The maximum Gasteiger partial charge on any atom is 0.279 e. The molecule has 0 heterocycles. The Balaban J connectivity index is 2.40. The molecule has 2 rings (SSSR count). The first-order chi connectivity index (χ1) is 8.92. The summed E-state index contributed by atoms with van der Waals surface area (Å²) in [4.78, 5) is 0. The molecule has 0 saturated carbocycles. The lowest BCUT2D eigenvalue weighted by Gasteiger charge is -2.19. The summed E-state index contributed by atoms with van der Waals surface area (Å²) < 4.78 is 27.6. The van der Waals surface area contributed by atoms with E-state index in [4.69, 9.17) is 0 Å². The van der Waals surface area contributed by atoms with Gasteiger partial charge < -0.3 is 0 Å². The molecule has 0 unspecified atom stereocenters. The Morgan fingerprint density at radius 2 is 1.68 bits per heavy atom. The van der Waals surface area contributed by atoms with Gasteiger partial charge in [0.25, 0.3) is 10.2 Å². The fourth-order valence-corrected chi connectivity index (χ4v) is 2.80. The van der Waals surface area contributed by atoms with Crippen LogP contribution in [0.25, 0.3) is 10.8 Å². The second kappa shape index (κ2) is 5.28. The van der Waals surface area contributed by atoms with Crippen molar-refractivity contribution in [3.05, 3.63) is 48.0 Å². The molecular weight excluding hydrogens is 260 g/mol. The summed E-state index contributed by atoms with van der Waals surface area (Å²) >= 11 is 0. The predicted molar refractivity (Wildman–Crippen MR) is 78.1 cm³/mol. The molecule has 19 heavy (non-hydrogen) atoms. The molecule has 1 N–H and O–H groups in total. The van der Waals surface area contributed by atoms with Crippen LogP contribution in [-0.2, 0) is 10.2 Å². The summed E-state index contributed by atoms with van der Waals surface area (Å²) in [5.74, 6) is 0. The first-order valence-electron chi connectivity index (χ1n) is 6.09. The van der Waals surface area contributed by atoms with Crippen LogP contribution in [0.3, 0.4) is 0 Å². The maximum atomic E-state index is 11.9. The van der Waals surface area contributed by atoms with Crippen molar-refractivity contribution in [3.8, 4) is 0 Å². The van der Waals surface area contributed by atoms with E-state index < -0.39 is 10.2 Å². The van der Waals surface area contributed by atoms with Gasteiger partial charge in [-0.3, -0.25) is 0 Å². The van der Waals surface area contributed by atoms with E-state index >= 15 is 0 Å². The summed E-state index contributed by atoms with van der Waals surface area (Å²) in [6.45, 7) is 1.85. The predicted octanol–water partition coefficient (Wildman–Crippen LogP) is 2.30. The number of nitrogens with one attached hydrogen (secondary N) is 1. The summed E-state index contributed by atoms with van der Waals surface area (Å²) in [6, 6.07) is 13.6. The molecule has 2 aromatic rings. The van der Waals surface area contributed by atoms with Gasteiger partial charge in [-0.15, -0.1) is 0 Å². The molecule has 1 atom stereocenters. The van der Waals surface area contributed by atoms with Crippen LogP contribution in [0.5, 0.6) is 0 Å². The van der Waals surface area contributed by atoms with Gasteiger partial charge in [-0.1, -0.05) is 42.5 Å². The van der Waals surface area contributed by atoms with Gasteiger partial charge in [-0.2, -0.15) is 17.4 Å². The number of hydrogen-bond donors (Lipinski definition) is 1. The monoisotopic (exact) mass is 278 g/mol. The van der Waals surface area contributed by atoms with E-state index in [9.17, 15) is 8.42 Å². The van der Waals surface area contributed by atoms with Gasteiger partial charge in [0.2, 0.25) is 0 Å². The molecule has 0 fully saturated rings. The van der Waals surface area contributed by atoms with Gasteiger partial charge in [0.15, 0.2) is 0 Å². The Kier molecular flexibility index (Phi) is 3.89. The summed E-state index contributed by atoms with van der Waals surface area (Å²) in [5, 5.41) is 2.18. The molecule has 0 aliphatic carbocycles. The molecule has 0 spiro atoms. The van der Waals surface area contributed by atoms with E-state index in [-0.39, 0.29) is 6.04 Å². The molecule has 0 bridgehead atoms. The van der Waals surface area contributed by atoms with E-state index in [0.717, 1.165) is 16.3 Å². The lowest BCUT2D eigenvalue weighted by Crippen LogP contribution is -2.37. The van der Waals surface area contributed by atoms with Crippen molar-refractivity contribution in [2.75, 3.05) is 14.1 Å². The minimum absolute atomic E-state index is 0.279. The Morgan fingerprint density at radius 3 is 2.37 bits per heavy atom. The van der Waals surface area contributed by atoms with Crippen molar-refractivity contribution in [1.29, 1.82) is 0 Å². The second-order valence-electron chi connectivity index (χ2n) is 4.70. The maximum absolute atomic E-state index is 11.9. The molecule has 0 aliphatic rings. The van der Waals surface area contributed by atoms with Gasteiger partial charge in [0.1, 0.15) is 0 Å². The van der Waals surface area contributed by atoms with Crippen LogP contribution in [0, 0.1) is 0 Å². The highest BCUT2D eigenvalue weighted by Crippen LogP contribution is 2.24. The Labute approximate surface area is 114 Å². The zero-order chi connectivity index (χ0) is 14.0. The Bertz CT molecular complexity index is 675. The van der Waals surface area contributed by atoms with E-state index in [1.54, 1.807) is 0 Å². The number of rotatable bonds is 4. The fourth-order valence-electron chi connectivity index (χ4n) is 2.02. The van der Waals surface area contributed by atoms with Crippen molar-refractivity contribution >= 4 is 21.0 Å². The van der Waals surface area contributed by atoms with Gasteiger partial charge >= 0.3 is 0 Å². The largest absolute Gasteiger partial charge is 0.279 e. The van der Waals surface area contributed by atoms with Crippen LogP contribution in [-0.4, -0.2) is 26.8 Å². The van der Waals surface area contributed by atoms with Gasteiger partial charge in [-0.05, 0) is 23.3 Å². The molecule has 102 valence electrons. The molecule has 0 amide bonds. The average molecular weight is 278 g/mol. The van der Waals surface area contributed by atoms with Gasteiger partial charge in [0, 0.05) is 20.1 Å². The van der Waals surface area contributed by atoms with Gasteiger partial charge in [-0.25, -0.2) is 0 Å². The van der Waals surface area contributed by atoms with Crippen molar-refractivity contribution in [3.63, 3.8) is 0 Å². The van der Waals surface area contributed by atoms with Crippen molar-refractivity contribution < 1.29 is 8.42 Å². The molecule has 0 radical (unpaired) electrons. The third-order valence-corrected chi connectivity index (χ3v) is 4.71. The summed E-state index contributed by atoms with van der Waals surface area (Å²) in [5.41, 5.74) is 0.975. The summed E-state index contributed by atoms with van der Waals surface area (Å²) in [6.07, 6.45) is 0. The van der Waals surface area contributed by atoms with Crippen LogP contribution >= 0.6 is 0 Å². The van der Waals surface area contributed by atoms with Crippen LogP contribution < -0.4 is 4.72 Å². The molecule has 2 aromatic carbocycles. The molecule has 0 saturated heterocycles. The zero-order valence-corrected chi connectivity index (χ0v) is 12.1. The Morgan fingerprint density at radius 1 is 1.05 bits per heavy atom. The van der Waals surface area contributed by atoms with E-state index in [1.807, 2.05) is 49.4 Å². The van der Waals surface area contributed by atoms with Crippen molar-refractivity contribution in [2.45, 2.75) is 13.0 Å². The number of fused-ring (bicyclic) bond motifs is 1. The van der Waals surface area contributed by atoms with Gasteiger partial charge in [0.05, 0.1) is 0 Å². The van der Waals surface area contributed by atoms with Crippen LogP contribution in [0.15, 0.2) is 42.5 Å². The van der Waals surface area contributed by atoms with Crippen molar-refractivity contribution in [2.24, 2.45) is 0 Å². The van der Waals surface area contributed by atoms with E-state index in [1.165, 1.54) is 18.4 Å². The topological polar surface area (TPSA) is 49.4 Å². The Hall–Kier alpha value is -1.43. The zero-order valence-electron chi connectivity index (χ0n) is 11.3. The molecule has 0 aromatic heterocycles. The van der Waals surface area contributed by atoms with Crippen molar-refractivity contribution in [1.82, 2.24) is 9.03 Å². The molecule has 0 aliphatic heterocycles. The minimum atomic E-state index is -3.43. The highest BCUT2D eigenvalue weighted by atomic mass is 32.2. The molecule has 5 heteroatoms. The highest BCUT2D eigenvalue weighted by Gasteiger charge is 2.18. The third-order valence-electron chi connectivity index (χ3n) is 3.10. The smallest absolute Gasteiger partial charge is 0.195 e. The lowest BCUT2D eigenvalue weighted by molar-refractivity contribution is 0.495. The fraction of sp³-hybridized carbons (Fsp3) is 0.286. The number of nitrogens with zero attached hydrogens (tertiary/aromatic N) is 1.